The number of nitrogens with two attached hydrogens (primary N) is 1. The van der Waals surface area contributed by atoms with Gasteiger partial charge in [-0.05, 0) is 24.1 Å². The molecule has 132 valence electrons. The molecule has 0 radical (unpaired) electrons. The monoisotopic (exact) mass is 349 g/mol. The second-order valence-corrected chi connectivity index (χ2v) is 5.74. The van der Waals surface area contributed by atoms with Crippen LogP contribution in [0.15, 0.2) is 47.5 Å². The van der Waals surface area contributed by atoms with Crippen LogP contribution in [0.1, 0.15) is 29.8 Å². The molecule has 0 aliphatic carbocycles. The van der Waals surface area contributed by atoms with Gasteiger partial charge in [0.05, 0.1) is 11.3 Å². The Morgan fingerprint density at radius 3 is 2.56 bits per heavy atom. The zero-order valence-electron chi connectivity index (χ0n) is 13.8. The summed E-state index contributed by atoms with van der Waals surface area (Å²) in [4.78, 5) is 6.28. The fourth-order valence-electron chi connectivity index (χ4n) is 2.91. The van der Waals surface area contributed by atoms with Crippen molar-refractivity contribution >= 4 is 11.5 Å². The Bertz CT molecular complexity index is 817. The summed E-state index contributed by atoms with van der Waals surface area (Å²) in [5.41, 5.74) is 9.10. The average molecular weight is 349 g/mol. The molecule has 0 fully saturated rings. The zero-order chi connectivity index (χ0) is 18.2. The van der Waals surface area contributed by atoms with E-state index in [1.807, 2.05) is 25.1 Å². The molecule has 2 aromatic rings. The van der Waals surface area contributed by atoms with Crippen LogP contribution in [0.3, 0.4) is 0 Å². The number of benzene rings is 2. The summed E-state index contributed by atoms with van der Waals surface area (Å²) in [6.45, 7) is 2.00. The summed E-state index contributed by atoms with van der Waals surface area (Å²) in [7, 11) is 1.70. The summed E-state index contributed by atoms with van der Waals surface area (Å²) in [6, 6.07) is 11.7. The van der Waals surface area contributed by atoms with Crippen molar-refractivity contribution in [2.75, 3.05) is 7.05 Å². The zero-order valence-corrected chi connectivity index (χ0v) is 13.8. The molecular weight excluding hydrogens is 331 g/mol. The van der Waals surface area contributed by atoms with Gasteiger partial charge in [0, 0.05) is 12.6 Å². The number of hydrogen-bond donors (Lipinski definition) is 1. The van der Waals surface area contributed by atoms with Gasteiger partial charge < -0.3 is 15.4 Å². The van der Waals surface area contributed by atoms with Crippen molar-refractivity contribution in [2.24, 2.45) is 10.7 Å². The maximum absolute atomic E-state index is 12.7. The number of alkyl halides is 3. The highest BCUT2D eigenvalue weighted by Crippen LogP contribution is 2.37. The second-order valence-electron chi connectivity index (χ2n) is 5.74. The molecule has 7 heteroatoms. The first-order chi connectivity index (χ1) is 11.8. The number of ether oxygens (including phenoxy) is 1. The molecule has 1 heterocycles. The van der Waals surface area contributed by atoms with Gasteiger partial charge in [-0.15, -0.1) is 13.2 Å². The van der Waals surface area contributed by atoms with Crippen LogP contribution in [0.4, 0.5) is 18.9 Å². The van der Waals surface area contributed by atoms with Gasteiger partial charge in [0.1, 0.15) is 17.8 Å². The summed E-state index contributed by atoms with van der Waals surface area (Å²) in [6.07, 6.45) is -4.54. The number of halogens is 3. The lowest BCUT2D eigenvalue weighted by Crippen LogP contribution is -2.39. The number of hydrogen-bond acceptors (Lipinski definition) is 4. The minimum absolute atomic E-state index is 0.245. The predicted molar refractivity (Wildman–Crippen MR) is 89.8 cm³/mol. The van der Waals surface area contributed by atoms with E-state index in [-0.39, 0.29) is 11.3 Å². The molecule has 0 saturated carbocycles. The van der Waals surface area contributed by atoms with Crippen molar-refractivity contribution < 1.29 is 17.9 Å². The smallest absolute Gasteiger partial charge is 0.405 e. The largest absolute Gasteiger partial charge is 0.573 e. The first-order valence-corrected chi connectivity index (χ1v) is 7.86. The number of fused-ring (bicyclic) bond motifs is 1. The first-order valence-electron chi connectivity index (χ1n) is 7.86. The molecule has 1 aliphatic rings. The van der Waals surface area contributed by atoms with Crippen molar-refractivity contribution in [3.8, 4) is 5.75 Å². The SMILES string of the molecule is CCc1cccc2c1N=C(c1ccccc1OC(F)(F)F)N(C)C2N. The molecular formula is C18H18F3N3O. The van der Waals surface area contributed by atoms with E-state index in [0.29, 0.717) is 11.5 Å². The number of aliphatic imine (C=N–C) groups is 1. The Balaban J connectivity index is 2.16. The van der Waals surface area contributed by atoms with Crippen LogP contribution in [0, 0.1) is 0 Å². The molecule has 0 aromatic heterocycles. The van der Waals surface area contributed by atoms with Crippen molar-refractivity contribution in [2.45, 2.75) is 25.9 Å². The van der Waals surface area contributed by atoms with Crippen LogP contribution in [-0.4, -0.2) is 24.1 Å². The summed E-state index contributed by atoms with van der Waals surface area (Å²) in [5.74, 6) is 0.0472. The quantitative estimate of drug-likeness (QED) is 0.906. The molecule has 1 unspecified atom stereocenters. The molecule has 0 bridgehead atoms. The second kappa shape index (κ2) is 6.40. The molecule has 0 spiro atoms. The van der Waals surface area contributed by atoms with E-state index in [4.69, 9.17) is 5.73 Å². The fraction of sp³-hybridized carbons (Fsp3) is 0.278. The van der Waals surface area contributed by atoms with Crippen LogP contribution in [-0.2, 0) is 6.42 Å². The lowest BCUT2D eigenvalue weighted by Gasteiger charge is -2.34. The van der Waals surface area contributed by atoms with Crippen LogP contribution >= 0.6 is 0 Å². The lowest BCUT2D eigenvalue weighted by atomic mass is 10.00. The van der Waals surface area contributed by atoms with Crippen molar-refractivity contribution in [1.82, 2.24) is 4.90 Å². The Morgan fingerprint density at radius 1 is 1.16 bits per heavy atom. The molecule has 3 rings (SSSR count). The fourth-order valence-corrected chi connectivity index (χ4v) is 2.91. The maximum Gasteiger partial charge on any atom is 0.573 e. The molecule has 2 N–H and O–H groups in total. The Kier molecular flexibility index (Phi) is 4.43. The van der Waals surface area contributed by atoms with Crippen molar-refractivity contribution in [3.05, 3.63) is 59.2 Å². The number of para-hydroxylation sites is 2. The molecule has 1 atom stereocenters. The van der Waals surface area contributed by atoms with Crippen LogP contribution in [0.5, 0.6) is 5.75 Å². The van der Waals surface area contributed by atoms with Gasteiger partial charge in [-0.2, -0.15) is 0 Å². The highest BCUT2D eigenvalue weighted by molar-refractivity contribution is 6.04. The normalized spacial score (nSPS) is 17.1. The van der Waals surface area contributed by atoms with E-state index in [9.17, 15) is 13.2 Å². The van der Waals surface area contributed by atoms with E-state index in [0.717, 1.165) is 17.5 Å². The molecule has 1 aliphatic heterocycles. The van der Waals surface area contributed by atoms with Gasteiger partial charge in [0.2, 0.25) is 0 Å². The third kappa shape index (κ3) is 3.32. The highest BCUT2D eigenvalue weighted by Gasteiger charge is 2.34. The third-order valence-electron chi connectivity index (χ3n) is 4.17. The number of rotatable bonds is 3. The summed E-state index contributed by atoms with van der Waals surface area (Å²) < 4.78 is 42.3. The average Bonchev–Trinajstić information content (AvgIpc) is 2.57. The van der Waals surface area contributed by atoms with Gasteiger partial charge in [0.15, 0.2) is 0 Å². The Hall–Kier alpha value is -2.54. The third-order valence-corrected chi connectivity index (χ3v) is 4.17. The van der Waals surface area contributed by atoms with E-state index >= 15 is 0 Å². The predicted octanol–water partition coefficient (Wildman–Crippen LogP) is 4.13. The Morgan fingerprint density at radius 2 is 1.88 bits per heavy atom. The standard InChI is InChI=1S/C18H18F3N3O/c1-3-11-7-6-9-13-15(11)23-17(24(2)16(13)22)12-8-4-5-10-14(12)25-18(19,20)21/h4-10,16H,3,22H2,1-2H3. The van der Waals surface area contributed by atoms with Gasteiger partial charge in [-0.1, -0.05) is 37.3 Å². The Labute approximate surface area is 143 Å². The molecule has 25 heavy (non-hydrogen) atoms. The van der Waals surface area contributed by atoms with Gasteiger partial charge in [-0.25, -0.2) is 4.99 Å². The van der Waals surface area contributed by atoms with Gasteiger partial charge >= 0.3 is 6.36 Å². The van der Waals surface area contributed by atoms with E-state index in [1.165, 1.54) is 12.1 Å². The number of nitrogens with zero attached hydrogens (tertiary/aromatic N) is 2. The van der Waals surface area contributed by atoms with Crippen LogP contribution < -0.4 is 10.5 Å². The van der Waals surface area contributed by atoms with E-state index < -0.39 is 12.5 Å². The van der Waals surface area contributed by atoms with Crippen molar-refractivity contribution in [3.63, 3.8) is 0 Å². The van der Waals surface area contributed by atoms with Crippen LogP contribution in [0.25, 0.3) is 0 Å². The summed E-state index contributed by atoms with van der Waals surface area (Å²) >= 11 is 0. The molecule has 0 amide bonds. The number of amidine groups is 1. The minimum Gasteiger partial charge on any atom is -0.405 e. The minimum atomic E-state index is -4.78. The summed E-state index contributed by atoms with van der Waals surface area (Å²) in [5, 5.41) is 0. The van der Waals surface area contributed by atoms with E-state index in [2.05, 4.69) is 9.73 Å². The van der Waals surface area contributed by atoms with Crippen molar-refractivity contribution in [1.29, 1.82) is 0 Å². The van der Waals surface area contributed by atoms with Crippen LogP contribution in [0.2, 0.25) is 0 Å². The maximum atomic E-state index is 12.7. The lowest BCUT2D eigenvalue weighted by molar-refractivity contribution is -0.274. The molecule has 4 nitrogen and oxygen atoms in total. The van der Waals surface area contributed by atoms with Gasteiger partial charge in [0.25, 0.3) is 0 Å². The topological polar surface area (TPSA) is 50.8 Å². The molecule has 2 aromatic carbocycles. The van der Waals surface area contributed by atoms with Gasteiger partial charge in [-0.3, -0.25) is 0 Å². The van der Waals surface area contributed by atoms with E-state index in [1.54, 1.807) is 24.1 Å². The highest BCUT2D eigenvalue weighted by atomic mass is 19.4. The first kappa shape index (κ1) is 17.3. The molecule has 0 saturated heterocycles. The number of aryl methyl sites for hydroxylation is 1.